The highest BCUT2D eigenvalue weighted by Crippen LogP contribution is 2.21. The van der Waals surface area contributed by atoms with E-state index < -0.39 is 146 Å². The lowest BCUT2D eigenvalue weighted by atomic mass is 10.0. The van der Waals surface area contributed by atoms with Crippen molar-refractivity contribution in [1.29, 1.82) is 0 Å². The SMILES string of the molecule is CC(C)[C@H](NC(=O)[C@H](CC(N)=O)NC(=O)[C@@H](NC(=O)[C@@H]1CCCN1C(=O)[C@@H]1CCCN1)[C@@H](C)O)C(=O)NCC(=O)N[C@@H](CO)C(=O)N[C@@H](CC(N)=O)C(=O)N[C@H](C=O)[C@@H](C)O. The number of likely N-dealkylation sites (tertiary alicyclic amines) is 1. The summed E-state index contributed by atoms with van der Waals surface area (Å²) >= 11 is 0. The van der Waals surface area contributed by atoms with Gasteiger partial charge >= 0.3 is 0 Å². The molecule has 2 heterocycles. The number of nitrogens with one attached hydrogen (secondary N) is 8. The van der Waals surface area contributed by atoms with Crippen molar-refractivity contribution in [2.24, 2.45) is 17.4 Å². The molecule has 0 aromatic rings. The summed E-state index contributed by atoms with van der Waals surface area (Å²) in [4.78, 5) is 141. The highest BCUT2D eigenvalue weighted by molar-refractivity contribution is 5.99. The molecule has 2 aliphatic heterocycles. The first kappa shape index (κ1) is 51.4. The Morgan fingerprint density at radius 2 is 1.28 bits per heavy atom. The molecule has 0 bridgehead atoms. The second kappa shape index (κ2) is 24.5. The third-order valence-corrected chi connectivity index (χ3v) is 9.82. The number of hydrogen-bond acceptors (Lipinski definition) is 15. The van der Waals surface area contributed by atoms with Gasteiger partial charge in [0.15, 0.2) is 0 Å². The summed E-state index contributed by atoms with van der Waals surface area (Å²) in [5, 5.41) is 48.6. The summed E-state index contributed by atoms with van der Waals surface area (Å²) in [7, 11) is 0. The average molecular weight is 870 g/mol. The van der Waals surface area contributed by atoms with Crippen molar-refractivity contribution in [1.82, 2.24) is 47.4 Å². The number of hydrogen-bond donors (Lipinski definition) is 13. The van der Waals surface area contributed by atoms with Gasteiger partial charge in [0, 0.05) is 6.54 Å². The maximum atomic E-state index is 13.5. The normalized spacial score (nSPS) is 20.0. The van der Waals surface area contributed by atoms with Gasteiger partial charge in [0.05, 0.1) is 44.2 Å². The molecular weight excluding hydrogens is 810 g/mol. The molecule has 0 radical (unpaired) electrons. The van der Waals surface area contributed by atoms with Crippen LogP contribution in [0.15, 0.2) is 0 Å². The molecule has 0 spiro atoms. The Hall–Kier alpha value is -5.79. The number of amides is 10. The fourth-order valence-electron chi connectivity index (χ4n) is 6.45. The first-order chi connectivity index (χ1) is 28.6. The average Bonchev–Trinajstić information content (AvgIpc) is 3.91. The van der Waals surface area contributed by atoms with Gasteiger partial charge in [-0.25, -0.2) is 0 Å². The summed E-state index contributed by atoms with van der Waals surface area (Å²) in [6, 6.07) is -11.0. The van der Waals surface area contributed by atoms with Gasteiger partial charge in [0.2, 0.25) is 59.1 Å². The lowest BCUT2D eigenvalue weighted by molar-refractivity contribution is -0.141. The minimum atomic E-state index is -1.74. The van der Waals surface area contributed by atoms with Gasteiger partial charge in [-0.2, -0.15) is 0 Å². The van der Waals surface area contributed by atoms with E-state index in [4.69, 9.17) is 11.5 Å². The molecule has 342 valence electrons. The largest absolute Gasteiger partial charge is 0.394 e. The Morgan fingerprint density at radius 3 is 1.77 bits per heavy atom. The molecule has 0 saturated carbocycles. The highest BCUT2D eigenvalue weighted by Gasteiger charge is 2.40. The lowest BCUT2D eigenvalue weighted by Crippen LogP contribution is -2.61. The van der Waals surface area contributed by atoms with Crippen molar-refractivity contribution in [3.05, 3.63) is 0 Å². The van der Waals surface area contributed by atoms with E-state index in [9.17, 15) is 68.1 Å². The second-order valence-electron chi connectivity index (χ2n) is 15.2. The van der Waals surface area contributed by atoms with Crippen LogP contribution in [-0.2, 0) is 52.7 Å². The minimum Gasteiger partial charge on any atom is -0.394 e. The van der Waals surface area contributed by atoms with Gasteiger partial charge in [0.25, 0.3) is 0 Å². The number of aliphatic hydroxyl groups excluding tert-OH is 3. The molecular formula is C36H59N11O14. The van der Waals surface area contributed by atoms with E-state index in [-0.39, 0.29) is 12.2 Å². The van der Waals surface area contributed by atoms with Gasteiger partial charge in [-0.05, 0) is 52.0 Å². The molecule has 25 heteroatoms. The molecule has 15 N–H and O–H groups in total. The standard InChI is InChI=1S/C36H59N11O14/c1-16(2)28(34(59)40-13-27(54)41-23(15-49)32(57)42-20(11-25(37)52)30(55)44-22(14-48)17(3)50)45-31(56)21(12-26(38)53)43-35(60)29(18(4)51)46-33(58)24-8-6-10-47(24)36(61)19-7-5-9-39-19/h14,16-24,28-29,39,49-51H,5-13,15H2,1-4H3,(H2,37,52)(H2,38,53)(H,40,59)(H,41,54)(H,42,57)(H,43,60)(H,44,55)(H,45,56)(H,46,58)/t17-,18-,19+,20+,21+,22-,23+,24+,28+,29+/m1/s1. The van der Waals surface area contributed by atoms with E-state index in [1.807, 2.05) is 0 Å². The Balaban J connectivity index is 2.08. The van der Waals surface area contributed by atoms with Crippen molar-refractivity contribution >= 4 is 65.4 Å². The zero-order chi connectivity index (χ0) is 46.1. The van der Waals surface area contributed by atoms with Crippen molar-refractivity contribution in [3.8, 4) is 0 Å². The molecule has 0 unspecified atom stereocenters. The Bertz CT molecular complexity index is 1640. The third kappa shape index (κ3) is 16.0. The van der Waals surface area contributed by atoms with Crippen LogP contribution in [0.1, 0.15) is 66.2 Å². The van der Waals surface area contributed by atoms with Crippen molar-refractivity contribution in [2.75, 3.05) is 26.2 Å². The van der Waals surface area contributed by atoms with Gasteiger partial charge in [-0.1, -0.05) is 13.8 Å². The molecule has 10 atom stereocenters. The van der Waals surface area contributed by atoms with Crippen molar-refractivity contribution in [2.45, 2.75) is 127 Å². The van der Waals surface area contributed by atoms with Gasteiger partial charge < -0.3 is 79.0 Å². The molecule has 0 aromatic carbocycles. The summed E-state index contributed by atoms with van der Waals surface area (Å²) in [5.74, 6) is -10.2. The highest BCUT2D eigenvalue weighted by atomic mass is 16.3. The van der Waals surface area contributed by atoms with Crippen molar-refractivity contribution < 1.29 is 68.1 Å². The van der Waals surface area contributed by atoms with Crippen LogP contribution in [0, 0.1) is 5.92 Å². The second-order valence-corrected chi connectivity index (χ2v) is 15.2. The van der Waals surface area contributed by atoms with Crippen LogP contribution in [0.2, 0.25) is 0 Å². The molecule has 2 aliphatic rings. The number of nitrogens with two attached hydrogens (primary N) is 2. The maximum Gasteiger partial charge on any atom is 0.245 e. The number of aliphatic hydroxyl groups is 3. The number of carbonyl (C=O) groups excluding carboxylic acids is 11. The molecule has 25 nitrogen and oxygen atoms in total. The molecule has 10 amide bonds. The fourth-order valence-corrected chi connectivity index (χ4v) is 6.45. The van der Waals surface area contributed by atoms with Crippen LogP contribution in [0.25, 0.3) is 0 Å². The summed E-state index contributed by atoms with van der Waals surface area (Å²) in [6.07, 6.45) is -1.96. The number of nitrogens with zero attached hydrogens (tertiary/aromatic N) is 1. The van der Waals surface area contributed by atoms with Crippen LogP contribution in [0.3, 0.4) is 0 Å². The quantitative estimate of drug-likeness (QED) is 0.0401. The first-order valence-electron chi connectivity index (χ1n) is 19.7. The third-order valence-electron chi connectivity index (χ3n) is 9.82. The topological polar surface area (TPSA) is 400 Å². The number of aldehydes is 1. The van der Waals surface area contributed by atoms with E-state index >= 15 is 0 Å². The van der Waals surface area contributed by atoms with Crippen LogP contribution in [0.4, 0.5) is 0 Å². The van der Waals surface area contributed by atoms with Crippen LogP contribution in [0.5, 0.6) is 0 Å². The van der Waals surface area contributed by atoms with Gasteiger partial charge in [0.1, 0.15) is 48.6 Å². The smallest absolute Gasteiger partial charge is 0.245 e. The molecule has 2 fully saturated rings. The predicted molar refractivity (Wildman–Crippen MR) is 209 cm³/mol. The summed E-state index contributed by atoms with van der Waals surface area (Å²) < 4.78 is 0. The Kier molecular flexibility index (Phi) is 20.6. The van der Waals surface area contributed by atoms with Crippen molar-refractivity contribution in [3.63, 3.8) is 0 Å². The molecule has 2 saturated heterocycles. The number of carbonyl (C=O) groups is 11. The molecule has 2 rings (SSSR count). The molecule has 61 heavy (non-hydrogen) atoms. The van der Waals surface area contributed by atoms with Gasteiger partial charge in [-0.3, -0.25) is 47.9 Å². The summed E-state index contributed by atoms with van der Waals surface area (Å²) in [6.45, 7) is 4.52. The van der Waals surface area contributed by atoms with E-state index in [0.717, 1.165) is 6.42 Å². The monoisotopic (exact) mass is 869 g/mol. The van der Waals surface area contributed by atoms with E-state index in [2.05, 4.69) is 42.5 Å². The lowest BCUT2D eigenvalue weighted by Gasteiger charge is -2.30. The van der Waals surface area contributed by atoms with Crippen LogP contribution >= 0.6 is 0 Å². The van der Waals surface area contributed by atoms with Crippen LogP contribution in [-0.4, -0.2) is 172 Å². The van der Waals surface area contributed by atoms with E-state index in [0.29, 0.717) is 32.4 Å². The number of primary amides is 2. The first-order valence-corrected chi connectivity index (χ1v) is 19.7. The van der Waals surface area contributed by atoms with E-state index in [1.165, 1.54) is 32.6 Å². The molecule has 0 aromatic heterocycles. The maximum absolute atomic E-state index is 13.5. The minimum absolute atomic E-state index is 0.215. The zero-order valence-corrected chi connectivity index (χ0v) is 34.4. The Labute approximate surface area is 350 Å². The van der Waals surface area contributed by atoms with Gasteiger partial charge in [-0.15, -0.1) is 0 Å². The predicted octanol–water partition coefficient (Wildman–Crippen LogP) is -7.89. The molecule has 0 aliphatic carbocycles. The van der Waals surface area contributed by atoms with E-state index in [1.54, 1.807) is 0 Å². The fraction of sp³-hybridized carbons (Fsp3) is 0.694. The number of rotatable bonds is 24. The van der Waals surface area contributed by atoms with Crippen LogP contribution < -0.4 is 54.0 Å². The Morgan fingerprint density at radius 1 is 0.705 bits per heavy atom. The zero-order valence-electron chi connectivity index (χ0n) is 34.4. The summed E-state index contributed by atoms with van der Waals surface area (Å²) in [5.41, 5.74) is 10.5.